The van der Waals surface area contributed by atoms with Gasteiger partial charge in [-0.1, -0.05) is 6.42 Å². The van der Waals surface area contributed by atoms with Crippen molar-refractivity contribution in [2.75, 3.05) is 12.8 Å². The molecule has 5 heteroatoms. The lowest BCUT2D eigenvalue weighted by molar-refractivity contribution is 0.473. The first-order valence-corrected chi connectivity index (χ1v) is 8.53. The molecule has 2 rings (SSSR count). The highest BCUT2D eigenvalue weighted by Crippen LogP contribution is 2.33. The standard InChI is InChI=1S/C12H19NO2S2/c1-9-6-7-10(16-9)12(13-2)11-5-3-4-8-17(11,14)15/h6-7,11-13H,3-5,8H2,1-2H3. The Morgan fingerprint density at radius 1 is 1.41 bits per heavy atom. The summed E-state index contributed by atoms with van der Waals surface area (Å²) in [6.45, 7) is 2.05. The molecule has 2 atom stereocenters. The maximum atomic E-state index is 12.1. The number of hydrogen-bond donors (Lipinski definition) is 1. The highest BCUT2D eigenvalue weighted by molar-refractivity contribution is 7.92. The van der Waals surface area contributed by atoms with Gasteiger partial charge in [0.05, 0.1) is 17.0 Å². The Labute approximate surface area is 107 Å². The van der Waals surface area contributed by atoms with Crippen molar-refractivity contribution in [3.8, 4) is 0 Å². The average Bonchev–Trinajstić information content (AvgIpc) is 2.68. The summed E-state index contributed by atoms with van der Waals surface area (Å²) < 4.78 is 24.3. The molecule has 0 aromatic carbocycles. The highest BCUT2D eigenvalue weighted by Gasteiger charge is 2.36. The molecule has 1 saturated heterocycles. The zero-order valence-corrected chi connectivity index (χ0v) is 11.9. The molecule has 1 fully saturated rings. The van der Waals surface area contributed by atoms with E-state index in [1.165, 1.54) is 4.88 Å². The van der Waals surface area contributed by atoms with Crippen LogP contribution in [0.3, 0.4) is 0 Å². The first-order valence-electron chi connectivity index (χ1n) is 6.00. The van der Waals surface area contributed by atoms with E-state index in [0.29, 0.717) is 5.75 Å². The van der Waals surface area contributed by atoms with E-state index in [1.54, 1.807) is 11.3 Å². The Hall–Kier alpha value is -0.390. The van der Waals surface area contributed by atoms with E-state index in [0.717, 1.165) is 24.1 Å². The van der Waals surface area contributed by atoms with Crippen molar-refractivity contribution < 1.29 is 8.42 Å². The first-order chi connectivity index (χ1) is 8.04. The average molecular weight is 273 g/mol. The van der Waals surface area contributed by atoms with E-state index in [2.05, 4.69) is 18.3 Å². The summed E-state index contributed by atoms with van der Waals surface area (Å²) in [4.78, 5) is 2.37. The van der Waals surface area contributed by atoms with Gasteiger partial charge < -0.3 is 5.32 Å². The van der Waals surface area contributed by atoms with Gasteiger partial charge in [-0.05, 0) is 38.9 Å². The van der Waals surface area contributed by atoms with Gasteiger partial charge in [0.1, 0.15) is 0 Å². The number of hydrogen-bond acceptors (Lipinski definition) is 4. The molecule has 1 aliphatic heterocycles. The Morgan fingerprint density at radius 3 is 2.71 bits per heavy atom. The SMILES string of the molecule is CNC(c1ccc(C)s1)C1CCCCS1(=O)=O. The van der Waals surface area contributed by atoms with Gasteiger partial charge in [0, 0.05) is 9.75 Å². The Kier molecular flexibility index (Phi) is 3.90. The minimum absolute atomic E-state index is 0.0426. The van der Waals surface area contributed by atoms with Crippen LogP contribution in [0.2, 0.25) is 0 Å². The van der Waals surface area contributed by atoms with E-state index >= 15 is 0 Å². The van der Waals surface area contributed by atoms with Crippen molar-refractivity contribution in [1.29, 1.82) is 0 Å². The largest absolute Gasteiger partial charge is 0.311 e. The second-order valence-corrected chi connectivity index (χ2v) is 8.27. The van der Waals surface area contributed by atoms with Crippen LogP contribution in [0, 0.1) is 6.92 Å². The fourth-order valence-corrected chi connectivity index (χ4v) is 5.76. The van der Waals surface area contributed by atoms with Crippen LogP contribution in [0.5, 0.6) is 0 Å². The van der Waals surface area contributed by atoms with Crippen molar-refractivity contribution in [3.63, 3.8) is 0 Å². The lowest BCUT2D eigenvalue weighted by Crippen LogP contribution is -2.38. The van der Waals surface area contributed by atoms with Gasteiger partial charge in [0.2, 0.25) is 0 Å². The molecule has 96 valence electrons. The smallest absolute Gasteiger partial charge is 0.155 e. The zero-order valence-electron chi connectivity index (χ0n) is 10.3. The van der Waals surface area contributed by atoms with Crippen LogP contribution >= 0.6 is 11.3 Å². The summed E-state index contributed by atoms with van der Waals surface area (Å²) in [6, 6.07) is 4.06. The summed E-state index contributed by atoms with van der Waals surface area (Å²) in [5.41, 5.74) is 0. The van der Waals surface area contributed by atoms with Crippen molar-refractivity contribution >= 4 is 21.2 Å². The van der Waals surface area contributed by atoms with E-state index in [4.69, 9.17) is 0 Å². The predicted molar refractivity (Wildman–Crippen MR) is 72.3 cm³/mol. The number of aryl methyl sites for hydroxylation is 1. The van der Waals surface area contributed by atoms with E-state index in [-0.39, 0.29) is 11.3 Å². The maximum Gasteiger partial charge on any atom is 0.155 e. The Morgan fingerprint density at radius 2 is 2.18 bits per heavy atom. The second kappa shape index (κ2) is 5.08. The summed E-state index contributed by atoms with van der Waals surface area (Å²) in [5.74, 6) is 0.347. The third-order valence-corrected chi connectivity index (χ3v) is 6.75. The highest BCUT2D eigenvalue weighted by atomic mass is 32.2. The van der Waals surface area contributed by atoms with Crippen molar-refractivity contribution in [3.05, 3.63) is 21.9 Å². The molecule has 0 radical (unpaired) electrons. The van der Waals surface area contributed by atoms with Crippen molar-refractivity contribution in [2.24, 2.45) is 0 Å². The molecule has 1 aliphatic rings. The summed E-state index contributed by atoms with van der Waals surface area (Å²) in [7, 11) is -1.08. The second-order valence-electron chi connectivity index (χ2n) is 4.62. The van der Waals surface area contributed by atoms with Gasteiger partial charge in [-0.2, -0.15) is 0 Å². The molecule has 2 unspecified atom stereocenters. The van der Waals surface area contributed by atoms with Crippen LogP contribution in [0.25, 0.3) is 0 Å². The Balaban J connectivity index is 2.29. The van der Waals surface area contributed by atoms with Crippen LogP contribution in [-0.2, 0) is 9.84 Å². The van der Waals surface area contributed by atoms with E-state index in [1.807, 2.05) is 13.1 Å². The Bertz CT molecular complexity index is 478. The maximum absolute atomic E-state index is 12.1. The van der Waals surface area contributed by atoms with Crippen LogP contribution in [0.1, 0.15) is 35.1 Å². The number of nitrogens with one attached hydrogen (secondary N) is 1. The molecule has 17 heavy (non-hydrogen) atoms. The van der Waals surface area contributed by atoms with Gasteiger partial charge in [0.25, 0.3) is 0 Å². The molecule has 0 amide bonds. The van der Waals surface area contributed by atoms with Crippen molar-refractivity contribution in [2.45, 2.75) is 37.5 Å². The van der Waals surface area contributed by atoms with Gasteiger partial charge >= 0.3 is 0 Å². The third-order valence-electron chi connectivity index (χ3n) is 3.38. The van der Waals surface area contributed by atoms with E-state index < -0.39 is 9.84 Å². The third kappa shape index (κ3) is 2.72. The molecule has 3 nitrogen and oxygen atoms in total. The normalized spacial score (nSPS) is 25.6. The monoisotopic (exact) mass is 273 g/mol. The molecule has 0 bridgehead atoms. The van der Waals surface area contributed by atoms with Gasteiger partial charge in [-0.15, -0.1) is 11.3 Å². The van der Waals surface area contributed by atoms with Crippen molar-refractivity contribution in [1.82, 2.24) is 5.32 Å². The lowest BCUT2D eigenvalue weighted by atomic mass is 10.1. The van der Waals surface area contributed by atoms with Crippen LogP contribution in [-0.4, -0.2) is 26.5 Å². The molecule has 0 spiro atoms. The van der Waals surface area contributed by atoms with Gasteiger partial charge in [0.15, 0.2) is 9.84 Å². The van der Waals surface area contributed by atoms with E-state index in [9.17, 15) is 8.42 Å². The van der Waals surface area contributed by atoms with Gasteiger partial charge in [-0.25, -0.2) is 8.42 Å². The minimum atomic E-state index is -2.93. The topological polar surface area (TPSA) is 46.2 Å². The summed E-state index contributed by atoms with van der Waals surface area (Å²) >= 11 is 1.69. The number of thiophene rings is 1. The summed E-state index contributed by atoms with van der Waals surface area (Å²) in [5, 5.41) is 2.94. The molecule has 2 heterocycles. The predicted octanol–water partition coefficient (Wildman–Crippen LogP) is 2.28. The molecule has 1 N–H and O–H groups in total. The fourth-order valence-electron chi connectivity index (χ4n) is 2.49. The van der Waals surface area contributed by atoms with Crippen LogP contribution < -0.4 is 5.32 Å². The molecule has 1 aromatic heterocycles. The lowest BCUT2D eigenvalue weighted by Gasteiger charge is -2.29. The molecular weight excluding hydrogens is 254 g/mol. The van der Waals surface area contributed by atoms with Crippen LogP contribution in [0.4, 0.5) is 0 Å². The molecule has 0 saturated carbocycles. The quantitative estimate of drug-likeness (QED) is 0.919. The number of rotatable bonds is 3. The molecule has 1 aromatic rings. The van der Waals surface area contributed by atoms with Gasteiger partial charge in [-0.3, -0.25) is 0 Å². The zero-order chi connectivity index (χ0) is 12.5. The first kappa shape index (κ1) is 13.1. The molecule has 0 aliphatic carbocycles. The van der Waals surface area contributed by atoms with Crippen LogP contribution in [0.15, 0.2) is 12.1 Å². The summed E-state index contributed by atoms with van der Waals surface area (Å²) in [6.07, 6.45) is 2.62. The minimum Gasteiger partial charge on any atom is -0.311 e. The number of sulfone groups is 1. The fraction of sp³-hybridized carbons (Fsp3) is 0.667. The molecular formula is C12H19NO2S2.